The Morgan fingerprint density at radius 1 is 1.20 bits per heavy atom. The van der Waals surface area contributed by atoms with Crippen molar-refractivity contribution in [3.05, 3.63) is 58.7 Å². The highest BCUT2D eigenvalue weighted by Crippen LogP contribution is 2.40. The van der Waals surface area contributed by atoms with Gasteiger partial charge in [-0.2, -0.15) is 0 Å². The third-order valence-corrected chi connectivity index (χ3v) is 6.52. The molecule has 1 saturated heterocycles. The summed E-state index contributed by atoms with van der Waals surface area (Å²) in [4.78, 5) is 14.7. The predicted octanol–water partition coefficient (Wildman–Crippen LogP) is 3.20. The molecule has 2 heterocycles. The maximum atomic E-state index is 12.8. The van der Waals surface area contributed by atoms with Crippen LogP contribution in [0, 0.1) is 12.8 Å². The summed E-state index contributed by atoms with van der Waals surface area (Å²) in [5, 5.41) is 10.6. The molecule has 0 spiro atoms. The molecule has 1 amide bonds. The van der Waals surface area contributed by atoms with E-state index in [-0.39, 0.29) is 18.1 Å². The standard InChI is InChI=1S/C24H30N2O4/c1-15-3-8-19-20(23(15)27)13-21(30-22(19)14-25)16-9-11-26(12-10-16)24(28)17-4-6-18(29-2)7-5-17/h3-8,16,21-22,27H,9-14,25H2,1-2H3. The van der Waals surface area contributed by atoms with Gasteiger partial charge in [0, 0.05) is 37.2 Å². The first-order valence-electron chi connectivity index (χ1n) is 10.6. The summed E-state index contributed by atoms with van der Waals surface area (Å²) in [7, 11) is 1.61. The molecule has 2 aromatic carbocycles. The number of nitrogens with zero attached hydrogens (tertiary/aromatic N) is 1. The zero-order valence-corrected chi connectivity index (χ0v) is 17.6. The van der Waals surface area contributed by atoms with Gasteiger partial charge >= 0.3 is 0 Å². The van der Waals surface area contributed by atoms with Gasteiger partial charge in [-0.15, -0.1) is 0 Å². The average molecular weight is 411 g/mol. The third-order valence-electron chi connectivity index (χ3n) is 6.52. The number of amides is 1. The molecule has 2 aliphatic rings. The minimum atomic E-state index is -0.191. The second-order valence-corrected chi connectivity index (χ2v) is 8.26. The molecule has 0 saturated carbocycles. The maximum absolute atomic E-state index is 12.8. The molecule has 6 nitrogen and oxygen atoms in total. The first kappa shape index (κ1) is 20.7. The van der Waals surface area contributed by atoms with E-state index in [1.165, 1.54) is 0 Å². The zero-order chi connectivity index (χ0) is 21.3. The molecule has 2 aliphatic heterocycles. The minimum Gasteiger partial charge on any atom is -0.507 e. The zero-order valence-electron chi connectivity index (χ0n) is 17.6. The number of ether oxygens (including phenoxy) is 2. The molecule has 30 heavy (non-hydrogen) atoms. The lowest BCUT2D eigenvalue weighted by molar-refractivity contribution is -0.0632. The molecule has 0 radical (unpaired) electrons. The first-order valence-corrected chi connectivity index (χ1v) is 10.6. The van der Waals surface area contributed by atoms with Gasteiger partial charge in [0.2, 0.25) is 0 Å². The molecule has 0 aliphatic carbocycles. The van der Waals surface area contributed by atoms with Gasteiger partial charge in [0.25, 0.3) is 5.91 Å². The SMILES string of the molecule is COc1ccc(C(=O)N2CCC(C3Cc4c(ccc(C)c4O)C(CN)O3)CC2)cc1. The van der Waals surface area contributed by atoms with Gasteiger partial charge < -0.3 is 25.2 Å². The van der Waals surface area contributed by atoms with Crippen molar-refractivity contribution in [2.45, 2.75) is 38.4 Å². The highest BCUT2D eigenvalue weighted by molar-refractivity contribution is 5.94. The van der Waals surface area contributed by atoms with Gasteiger partial charge in [-0.3, -0.25) is 4.79 Å². The Bertz CT molecular complexity index is 904. The maximum Gasteiger partial charge on any atom is 0.253 e. The Labute approximate surface area is 177 Å². The van der Waals surface area contributed by atoms with Crippen molar-refractivity contribution in [3.8, 4) is 11.5 Å². The number of phenols is 1. The van der Waals surface area contributed by atoms with Gasteiger partial charge in [0.05, 0.1) is 19.3 Å². The lowest BCUT2D eigenvalue weighted by atomic mass is 9.83. The van der Waals surface area contributed by atoms with Crippen LogP contribution in [0.2, 0.25) is 0 Å². The predicted molar refractivity (Wildman–Crippen MR) is 115 cm³/mol. The number of fused-ring (bicyclic) bond motifs is 1. The quantitative estimate of drug-likeness (QED) is 0.809. The average Bonchev–Trinajstić information content (AvgIpc) is 2.80. The molecular formula is C24H30N2O4. The van der Waals surface area contributed by atoms with E-state index in [9.17, 15) is 9.90 Å². The molecule has 2 unspecified atom stereocenters. The highest BCUT2D eigenvalue weighted by Gasteiger charge is 2.36. The molecule has 0 aromatic heterocycles. The van der Waals surface area contributed by atoms with Crippen molar-refractivity contribution < 1.29 is 19.4 Å². The molecule has 160 valence electrons. The molecule has 1 fully saturated rings. The second kappa shape index (κ2) is 8.66. The number of phenolic OH excluding ortho intramolecular Hbond substituents is 1. The number of rotatable bonds is 4. The van der Waals surface area contributed by atoms with E-state index in [4.69, 9.17) is 15.2 Å². The van der Waals surface area contributed by atoms with E-state index in [0.29, 0.717) is 43.3 Å². The molecule has 3 N–H and O–H groups in total. The molecule has 6 heteroatoms. The number of nitrogens with two attached hydrogens (primary N) is 1. The molecule has 0 bridgehead atoms. The third kappa shape index (κ3) is 3.89. The Morgan fingerprint density at radius 2 is 1.90 bits per heavy atom. The van der Waals surface area contributed by atoms with Crippen LogP contribution >= 0.6 is 0 Å². The molecule has 2 aromatic rings. The van der Waals surface area contributed by atoms with Gasteiger partial charge in [-0.25, -0.2) is 0 Å². The fourth-order valence-electron chi connectivity index (χ4n) is 4.67. The first-order chi connectivity index (χ1) is 14.5. The van der Waals surface area contributed by atoms with Crippen molar-refractivity contribution in [2.75, 3.05) is 26.7 Å². The van der Waals surface area contributed by atoms with Gasteiger partial charge in [0.1, 0.15) is 11.5 Å². The second-order valence-electron chi connectivity index (χ2n) is 8.26. The van der Waals surface area contributed by atoms with E-state index in [1.54, 1.807) is 7.11 Å². The smallest absolute Gasteiger partial charge is 0.253 e. The lowest BCUT2D eigenvalue weighted by Gasteiger charge is -2.40. The number of likely N-dealkylation sites (tertiary alicyclic amines) is 1. The van der Waals surface area contributed by atoms with Crippen LogP contribution in [0.3, 0.4) is 0 Å². The number of benzene rings is 2. The number of hydrogen-bond acceptors (Lipinski definition) is 5. The van der Waals surface area contributed by atoms with E-state index in [0.717, 1.165) is 35.3 Å². The molecule has 4 rings (SSSR count). The van der Waals surface area contributed by atoms with Crippen molar-refractivity contribution in [3.63, 3.8) is 0 Å². The summed E-state index contributed by atoms with van der Waals surface area (Å²) in [5.74, 6) is 1.51. The van der Waals surface area contributed by atoms with E-state index < -0.39 is 0 Å². The summed E-state index contributed by atoms with van der Waals surface area (Å²) < 4.78 is 11.5. The summed E-state index contributed by atoms with van der Waals surface area (Å²) in [6, 6.07) is 11.2. The van der Waals surface area contributed by atoms with Crippen LogP contribution in [0.1, 0.15) is 46.0 Å². The van der Waals surface area contributed by atoms with Crippen LogP contribution in [0.15, 0.2) is 36.4 Å². The van der Waals surface area contributed by atoms with Gasteiger partial charge in [-0.05, 0) is 61.1 Å². The van der Waals surface area contributed by atoms with Crippen LogP contribution in [0.4, 0.5) is 0 Å². The largest absolute Gasteiger partial charge is 0.507 e. The minimum absolute atomic E-state index is 0.0111. The highest BCUT2D eigenvalue weighted by atomic mass is 16.5. The fourth-order valence-corrected chi connectivity index (χ4v) is 4.67. The topological polar surface area (TPSA) is 85.0 Å². The Kier molecular flexibility index (Phi) is 5.97. The van der Waals surface area contributed by atoms with E-state index >= 15 is 0 Å². The summed E-state index contributed by atoms with van der Waals surface area (Å²) in [6.45, 7) is 3.71. The van der Waals surface area contributed by atoms with Crippen LogP contribution in [-0.2, 0) is 11.2 Å². The molecular weight excluding hydrogens is 380 g/mol. The van der Waals surface area contributed by atoms with Gasteiger partial charge in [-0.1, -0.05) is 12.1 Å². The Hall–Kier alpha value is -2.57. The van der Waals surface area contributed by atoms with E-state index in [2.05, 4.69) is 0 Å². The van der Waals surface area contributed by atoms with Crippen molar-refractivity contribution in [1.29, 1.82) is 0 Å². The monoisotopic (exact) mass is 410 g/mol. The van der Waals surface area contributed by atoms with Crippen LogP contribution < -0.4 is 10.5 Å². The number of aromatic hydroxyl groups is 1. The number of piperidine rings is 1. The summed E-state index contributed by atoms with van der Waals surface area (Å²) in [5.41, 5.74) is 9.51. The van der Waals surface area contributed by atoms with Crippen molar-refractivity contribution in [2.24, 2.45) is 11.7 Å². The molecule has 2 atom stereocenters. The number of hydrogen-bond donors (Lipinski definition) is 2. The van der Waals surface area contributed by atoms with E-state index in [1.807, 2.05) is 48.2 Å². The van der Waals surface area contributed by atoms with Gasteiger partial charge in [0.15, 0.2) is 0 Å². The number of carbonyl (C=O) groups excluding carboxylic acids is 1. The van der Waals surface area contributed by atoms with Crippen LogP contribution in [0.5, 0.6) is 11.5 Å². The van der Waals surface area contributed by atoms with Crippen LogP contribution in [-0.4, -0.2) is 48.8 Å². The number of aryl methyl sites for hydroxylation is 1. The summed E-state index contributed by atoms with van der Waals surface area (Å²) >= 11 is 0. The Balaban J connectivity index is 1.42. The van der Waals surface area contributed by atoms with Crippen molar-refractivity contribution >= 4 is 5.91 Å². The van der Waals surface area contributed by atoms with Crippen LogP contribution in [0.25, 0.3) is 0 Å². The normalized spacial score (nSPS) is 21.9. The number of carbonyl (C=O) groups is 1. The summed E-state index contributed by atoms with van der Waals surface area (Å²) in [6.07, 6.45) is 2.27. The number of methoxy groups -OCH3 is 1. The fraction of sp³-hybridized carbons (Fsp3) is 0.458. The Morgan fingerprint density at radius 3 is 2.53 bits per heavy atom. The lowest BCUT2D eigenvalue weighted by Crippen LogP contribution is -2.44. The van der Waals surface area contributed by atoms with Crippen molar-refractivity contribution in [1.82, 2.24) is 4.90 Å².